The minimum absolute atomic E-state index is 0.517. The Morgan fingerprint density at radius 1 is 1.35 bits per heavy atom. The van der Waals surface area contributed by atoms with E-state index in [1.165, 1.54) is 38.0 Å². The zero-order chi connectivity index (χ0) is 18.7. The fraction of sp³-hybridized carbons (Fsp3) is 0.647. The predicted molar refractivity (Wildman–Crippen MR) is 88.3 cm³/mol. The summed E-state index contributed by atoms with van der Waals surface area (Å²) in [6.07, 6.45) is 2.64. The fourth-order valence-corrected chi connectivity index (χ4v) is 3.36. The summed E-state index contributed by atoms with van der Waals surface area (Å²) in [7, 11) is 0. The Kier molecular flexibility index (Phi) is 5.55. The number of carboxylic acids is 1. The van der Waals surface area contributed by atoms with Crippen LogP contribution in [0.4, 0.5) is 18.9 Å². The van der Waals surface area contributed by atoms with Crippen LogP contribution in [-0.4, -0.2) is 54.5 Å². The molecule has 6 nitrogen and oxygen atoms in total. The molecule has 9 heteroatoms. The summed E-state index contributed by atoms with van der Waals surface area (Å²) in [4.78, 5) is 15.7. The number of nitrogens with one attached hydrogen (secondary N) is 1. The monoisotopic (exact) mass is 373 g/mol. The van der Waals surface area contributed by atoms with E-state index in [4.69, 9.17) is 14.6 Å². The smallest absolute Gasteiger partial charge is 0.490 e. The van der Waals surface area contributed by atoms with Crippen LogP contribution < -0.4 is 15.0 Å². The van der Waals surface area contributed by atoms with Crippen LogP contribution in [-0.2, 0) is 4.79 Å². The maximum Gasteiger partial charge on any atom is 0.490 e. The number of carbonyl (C=O) groups is 1. The molecule has 2 unspecified atom stereocenters. The number of aliphatic carboxylic acids is 1. The Bertz CT molecular complexity index is 625. The Morgan fingerprint density at radius 3 is 2.62 bits per heavy atom. The van der Waals surface area contributed by atoms with Crippen molar-refractivity contribution < 1.29 is 27.8 Å². The number of hydrogen-bond donors (Lipinski definition) is 2. The Labute approximate surface area is 149 Å². The second kappa shape index (κ2) is 7.69. The molecule has 0 spiro atoms. The van der Waals surface area contributed by atoms with Crippen LogP contribution in [0, 0.1) is 11.8 Å². The second-order valence-corrected chi connectivity index (χ2v) is 6.95. The van der Waals surface area contributed by atoms with Crippen LogP contribution in [0.15, 0.2) is 18.5 Å². The van der Waals surface area contributed by atoms with E-state index in [1.54, 1.807) is 0 Å². The van der Waals surface area contributed by atoms with Gasteiger partial charge in [0.05, 0.1) is 18.1 Å². The van der Waals surface area contributed by atoms with E-state index in [-0.39, 0.29) is 0 Å². The summed E-state index contributed by atoms with van der Waals surface area (Å²) >= 11 is 0. The highest BCUT2D eigenvalue weighted by Gasteiger charge is 2.45. The second-order valence-electron chi connectivity index (χ2n) is 6.95. The summed E-state index contributed by atoms with van der Waals surface area (Å²) in [6, 6.07) is 2.66. The van der Waals surface area contributed by atoms with Gasteiger partial charge in [0.2, 0.25) is 0 Å². The number of aromatic nitrogens is 1. The molecule has 1 aromatic heterocycles. The molecule has 2 aliphatic heterocycles. The molecule has 1 aliphatic carbocycles. The molecular weight excluding hydrogens is 351 g/mol. The third-order valence-corrected chi connectivity index (χ3v) is 4.90. The van der Waals surface area contributed by atoms with E-state index in [9.17, 15) is 13.2 Å². The van der Waals surface area contributed by atoms with Crippen LogP contribution in [0.5, 0.6) is 5.75 Å². The molecule has 2 saturated heterocycles. The molecule has 2 N–H and O–H groups in total. The van der Waals surface area contributed by atoms with Crippen molar-refractivity contribution in [1.29, 1.82) is 0 Å². The minimum atomic E-state index is -5.08. The molecule has 3 atom stereocenters. The molecule has 3 heterocycles. The van der Waals surface area contributed by atoms with E-state index in [2.05, 4.69) is 21.3 Å². The van der Waals surface area contributed by atoms with Crippen molar-refractivity contribution in [3.8, 4) is 5.75 Å². The molecule has 4 rings (SSSR count). The maximum atomic E-state index is 10.6. The molecule has 3 aliphatic rings. The zero-order valence-electron chi connectivity index (χ0n) is 14.2. The Hall–Kier alpha value is -2.03. The van der Waals surface area contributed by atoms with Gasteiger partial charge >= 0.3 is 12.1 Å². The number of hydrogen-bond acceptors (Lipinski definition) is 5. The van der Waals surface area contributed by atoms with Gasteiger partial charge in [-0.3, -0.25) is 4.98 Å². The molecule has 26 heavy (non-hydrogen) atoms. The third kappa shape index (κ3) is 5.00. The third-order valence-electron chi connectivity index (χ3n) is 4.90. The molecule has 0 amide bonds. The van der Waals surface area contributed by atoms with Gasteiger partial charge in [-0.05, 0) is 37.6 Å². The Morgan fingerprint density at radius 2 is 2.04 bits per heavy atom. The zero-order valence-corrected chi connectivity index (χ0v) is 14.2. The molecule has 0 radical (unpaired) electrons. The number of halogens is 3. The van der Waals surface area contributed by atoms with E-state index in [0.717, 1.165) is 30.7 Å². The lowest BCUT2D eigenvalue weighted by molar-refractivity contribution is -0.192. The van der Waals surface area contributed by atoms with Crippen LogP contribution in [0.2, 0.25) is 0 Å². The molecule has 1 aromatic rings. The van der Waals surface area contributed by atoms with Crippen molar-refractivity contribution in [2.75, 3.05) is 31.1 Å². The van der Waals surface area contributed by atoms with Gasteiger partial charge < -0.3 is 20.1 Å². The van der Waals surface area contributed by atoms with Gasteiger partial charge in [0, 0.05) is 25.2 Å². The number of fused-ring (bicyclic) bond motifs is 1. The maximum absolute atomic E-state index is 10.6. The molecule has 1 saturated carbocycles. The quantitative estimate of drug-likeness (QED) is 0.844. The van der Waals surface area contributed by atoms with Crippen molar-refractivity contribution in [2.24, 2.45) is 11.8 Å². The highest BCUT2D eigenvalue weighted by molar-refractivity contribution is 5.73. The van der Waals surface area contributed by atoms with Gasteiger partial charge in [-0.1, -0.05) is 0 Å². The number of nitrogens with zero attached hydrogens (tertiary/aromatic N) is 2. The van der Waals surface area contributed by atoms with E-state index in [1.807, 2.05) is 12.4 Å². The van der Waals surface area contributed by atoms with Crippen molar-refractivity contribution in [3.63, 3.8) is 0 Å². The van der Waals surface area contributed by atoms with Crippen molar-refractivity contribution in [3.05, 3.63) is 18.5 Å². The largest absolute Gasteiger partial charge is 0.490 e. The van der Waals surface area contributed by atoms with Gasteiger partial charge in [-0.15, -0.1) is 0 Å². The first-order valence-corrected chi connectivity index (χ1v) is 8.69. The van der Waals surface area contributed by atoms with Gasteiger partial charge in [0.1, 0.15) is 12.4 Å². The summed E-state index contributed by atoms with van der Waals surface area (Å²) in [5, 5.41) is 10.6. The average molecular weight is 373 g/mol. The van der Waals surface area contributed by atoms with E-state index >= 15 is 0 Å². The first-order chi connectivity index (χ1) is 12.3. The summed E-state index contributed by atoms with van der Waals surface area (Å²) in [6.45, 7) is 4.30. The lowest BCUT2D eigenvalue weighted by atomic mass is 10.2. The number of anilines is 1. The summed E-state index contributed by atoms with van der Waals surface area (Å²) in [5.74, 6) is 0.0544. The Balaban J connectivity index is 0.000000242. The highest BCUT2D eigenvalue weighted by Crippen LogP contribution is 2.46. The van der Waals surface area contributed by atoms with Crippen molar-refractivity contribution >= 4 is 11.7 Å². The number of piperidine rings is 1. The van der Waals surface area contributed by atoms with E-state index < -0.39 is 12.1 Å². The first-order valence-electron chi connectivity index (χ1n) is 8.69. The number of ether oxygens (including phenoxy) is 1. The normalized spacial score (nSPS) is 26.7. The van der Waals surface area contributed by atoms with Gasteiger partial charge in [-0.25, -0.2) is 4.79 Å². The predicted octanol–water partition coefficient (Wildman–Crippen LogP) is 2.30. The topological polar surface area (TPSA) is 74.7 Å². The van der Waals surface area contributed by atoms with Crippen LogP contribution in [0.3, 0.4) is 0 Å². The molecule has 0 aromatic carbocycles. The first kappa shape index (κ1) is 18.8. The fourth-order valence-electron chi connectivity index (χ4n) is 3.36. The molecule has 0 bridgehead atoms. The van der Waals surface area contributed by atoms with Gasteiger partial charge in [0.15, 0.2) is 0 Å². The molecule has 144 valence electrons. The molecule has 3 fully saturated rings. The number of pyridine rings is 1. The van der Waals surface area contributed by atoms with Gasteiger partial charge in [0.25, 0.3) is 0 Å². The van der Waals surface area contributed by atoms with E-state index in [0.29, 0.717) is 6.04 Å². The standard InChI is InChI=1S/C15H21N3O.C2HF3O2/c1-2-13(17-3-1)10-19-15-5-14(6-16-7-15)18-8-11-4-12(11)9-18;3-2(4,5)1(6)7/h5-7,11-13,17H,1-4,8-10H2;(H,6,7)/t11?,12?,13-;/m0./s1. The van der Waals surface area contributed by atoms with Crippen LogP contribution in [0.25, 0.3) is 0 Å². The lowest BCUT2D eigenvalue weighted by Gasteiger charge is -2.20. The minimum Gasteiger partial charge on any atom is -0.490 e. The van der Waals surface area contributed by atoms with Gasteiger partial charge in [-0.2, -0.15) is 13.2 Å². The summed E-state index contributed by atoms with van der Waals surface area (Å²) < 4.78 is 37.6. The van der Waals surface area contributed by atoms with Crippen LogP contribution in [0.1, 0.15) is 19.3 Å². The van der Waals surface area contributed by atoms with Crippen molar-refractivity contribution in [2.45, 2.75) is 31.5 Å². The molecular formula is C17H22F3N3O3. The number of rotatable bonds is 4. The highest BCUT2D eigenvalue weighted by atomic mass is 19.4. The number of carboxylic acid groups (broad SMARTS) is 1. The summed E-state index contributed by atoms with van der Waals surface area (Å²) in [5.41, 5.74) is 1.23. The van der Waals surface area contributed by atoms with Crippen molar-refractivity contribution in [1.82, 2.24) is 10.3 Å². The SMILES string of the molecule is O=C(O)C(F)(F)F.c1ncc(N2CC3CC3C2)cc1OC[C@@H]1CCCN1. The van der Waals surface area contributed by atoms with Crippen LogP contribution >= 0.6 is 0 Å². The number of alkyl halides is 3. The lowest BCUT2D eigenvalue weighted by Crippen LogP contribution is -2.28. The average Bonchev–Trinajstić information content (AvgIpc) is 3.02.